The Morgan fingerprint density at radius 1 is 0.947 bits per heavy atom. The fraction of sp³-hybridized carbons (Fsp3) is 0.118. The molecule has 0 saturated carbocycles. The maximum absolute atomic E-state index is 11.2. The number of rotatable bonds is 2. The molecule has 0 bridgehead atoms. The van der Waals surface area contributed by atoms with Gasteiger partial charge in [-0.15, -0.1) is 0 Å². The maximum atomic E-state index is 11.2. The molecule has 3 aromatic carbocycles. The van der Waals surface area contributed by atoms with Crippen molar-refractivity contribution < 1.29 is 9.90 Å². The molecule has 0 aliphatic heterocycles. The number of fused-ring (bicyclic) bond motifs is 2. The average Bonchev–Trinajstić information content (AvgIpc) is 2.43. The van der Waals surface area contributed by atoms with Gasteiger partial charge in [-0.3, -0.25) is 4.79 Å². The number of hydrogen-bond acceptors (Lipinski definition) is 1. The van der Waals surface area contributed by atoms with Crippen LogP contribution in [0.3, 0.4) is 0 Å². The topological polar surface area (TPSA) is 37.3 Å². The first-order valence-electron chi connectivity index (χ1n) is 6.31. The lowest BCUT2D eigenvalue weighted by Gasteiger charge is -2.11. The van der Waals surface area contributed by atoms with Crippen LogP contribution >= 0.6 is 0 Å². The van der Waals surface area contributed by atoms with Crippen molar-refractivity contribution in [3.8, 4) is 0 Å². The fourth-order valence-electron chi connectivity index (χ4n) is 2.50. The second-order valence-corrected chi connectivity index (χ2v) is 4.83. The van der Waals surface area contributed by atoms with Gasteiger partial charge in [-0.1, -0.05) is 42.5 Å². The number of carbonyl (C=O) groups is 1. The van der Waals surface area contributed by atoms with Gasteiger partial charge >= 0.3 is 5.97 Å². The number of aliphatic carboxylic acids is 1. The van der Waals surface area contributed by atoms with Crippen molar-refractivity contribution in [2.75, 3.05) is 0 Å². The molecule has 0 amide bonds. The standard InChI is InChI=1S/C17H14O2/c1-11(17(18)19)15-8-4-7-14-9-12-5-2-3-6-13(12)10-16(14)15/h2-11H,1H3,(H,18,19). The van der Waals surface area contributed by atoms with Crippen LogP contribution in [0.1, 0.15) is 18.4 Å². The Balaban J connectivity index is 2.35. The summed E-state index contributed by atoms with van der Waals surface area (Å²) in [6, 6.07) is 18.2. The van der Waals surface area contributed by atoms with Crippen LogP contribution in [0.25, 0.3) is 21.5 Å². The Morgan fingerprint density at radius 2 is 1.58 bits per heavy atom. The van der Waals surface area contributed by atoms with E-state index in [-0.39, 0.29) is 0 Å². The molecule has 0 aromatic heterocycles. The summed E-state index contributed by atoms with van der Waals surface area (Å²) in [5, 5.41) is 13.6. The predicted octanol–water partition coefficient (Wildman–Crippen LogP) is 4.18. The molecule has 3 aromatic rings. The van der Waals surface area contributed by atoms with Gasteiger partial charge in [0.15, 0.2) is 0 Å². The Morgan fingerprint density at radius 3 is 2.26 bits per heavy atom. The molecule has 94 valence electrons. The van der Waals surface area contributed by atoms with Crippen molar-refractivity contribution in [3.05, 3.63) is 60.2 Å². The summed E-state index contributed by atoms with van der Waals surface area (Å²) in [6.45, 7) is 1.73. The summed E-state index contributed by atoms with van der Waals surface area (Å²) in [5.41, 5.74) is 0.871. The summed E-state index contributed by atoms with van der Waals surface area (Å²) < 4.78 is 0. The van der Waals surface area contributed by atoms with Crippen molar-refractivity contribution in [1.82, 2.24) is 0 Å². The van der Waals surface area contributed by atoms with Crippen LogP contribution < -0.4 is 0 Å². The smallest absolute Gasteiger partial charge is 0.310 e. The summed E-state index contributed by atoms with van der Waals surface area (Å²) >= 11 is 0. The van der Waals surface area contributed by atoms with Gasteiger partial charge in [-0.2, -0.15) is 0 Å². The van der Waals surface area contributed by atoms with E-state index >= 15 is 0 Å². The van der Waals surface area contributed by atoms with Gasteiger partial charge in [0.05, 0.1) is 5.92 Å². The van der Waals surface area contributed by atoms with E-state index in [9.17, 15) is 9.90 Å². The molecule has 0 spiro atoms. The minimum Gasteiger partial charge on any atom is -0.481 e. The molecule has 0 aliphatic rings. The predicted molar refractivity (Wildman–Crippen MR) is 77.5 cm³/mol. The van der Waals surface area contributed by atoms with Crippen molar-refractivity contribution >= 4 is 27.5 Å². The summed E-state index contributed by atoms with van der Waals surface area (Å²) in [4.78, 5) is 11.2. The normalized spacial score (nSPS) is 12.7. The SMILES string of the molecule is CC(C(=O)O)c1cccc2cc3ccccc3cc12. The van der Waals surface area contributed by atoms with E-state index in [4.69, 9.17) is 0 Å². The Kier molecular flexibility index (Phi) is 2.71. The molecule has 0 saturated heterocycles. The van der Waals surface area contributed by atoms with Gasteiger partial charge in [0.2, 0.25) is 0 Å². The summed E-state index contributed by atoms with van der Waals surface area (Å²) in [5.74, 6) is -1.29. The minimum absolute atomic E-state index is 0.495. The highest BCUT2D eigenvalue weighted by molar-refractivity contribution is 6.01. The van der Waals surface area contributed by atoms with Crippen LogP contribution in [0.2, 0.25) is 0 Å². The van der Waals surface area contributed by atoms with Crippen molar-refractivity contribution in [2.24, 2.45) is 0 Å². The number of carboxylic acids is 1. The van der Waals surface area contributed by atoms with E-state index in [2.05, 4.69) is 24.3 Å². The van der Waals surface area contributed by atoms with E-state index in [1.807, 2.05) is 30.3 Å². The molecule has 0 aliphatic carbocycles. The lowest BCUT2D eigenvalue weighted by Crippen LogP contribution is -2.07. The molecular formula is C17H14O2. The highest BCUT2D eigenvalue weighted by atomic mass is 16.4. The van der Waals surface area contributed by atoms with Crippen LogP contribution in [0.4, 0.5) is 0 Å². The number of benzene rings is 3. The second kappa shape index (κ2) is 4.39. The molecule has 0 fully saturated rings. The third kappa shape index (κ3) is 1.95. The molecule has 1 N–H and O–H groups in total. The first-order valence-corrected chi connectivity index (χ1v) is 6.31. The third-order valence-electron chi connectivity index (χ3n) is 3.62. The highest BCUT2D eigenvalue weighted by Gasteiger charge is 2.16. The zero-order valence-corrected chi connectivity index (χ0v) is 10.6. The zero-order chi connectivity index (χ0) is 13.4. The Hall–Kier alpha value is -2.35. The fourth-order valence-corrected chi connectivity index (χ4v) is 2.50. The van der Waals surface area contributed by atoms with E-state index in [0.29, 0.717) is 0 Å². The molecule has 1 atom stereocenters. The number of hydrogen-bond donors (Lipinski definition) is 1. The second-order valence-electron chi connectivity index (χ2n) is 4.83. The Labute approximate surface area is 111 Å². The molecule has 19 heavy (non-hydrogen) atoms. The van der Waals surface area contributed by atoms with E-state index < -0.39 is 11.9 Å². The van der Waals surface area contributed by atoms with E-state index in [0.717, 1.165) is 21.7 Å². The molecular weight excluding hydrogens is 236 g/mol. The lowest BCUT2D eigenvalue weighted by molar-refractivity contribution is -0.138. The largest absolute Gasteiger partial charge is 0.481 e. The molecule has 0 heterocycles. The van der Waals surface area contributed by atoms with Gasteiger partial charge in [0.25, 0.3) is 0 Å². The lowest BCUT2D eigenvalue weighted by atomic mass is 9.93. The van der Waals surface area contributed by atoms with E-state index in [1.54, 1.807) is 6.92 Å². The van der Waals surface area contributed by atoms with Crippen LogP contribution in [0, 0.1) is 0 Å². The van der Waals surface area contributed by atoms with Crippen LogP contribution in [0.15, 0.2) is 54.6 Å². The molecule has 2 heteroatoms. The van der Waals surface area contributed by atoms with Gasteiger partial charge in [0, 0.05) is 0 Å². The average molecular weight is 250 g/mol. The summed E-state index contributed by atoms with van der Waals surface area (Å²) in [7, 11) is 0. The highest BCUT2D eigenvalue weighted by Crippen LogP contribution is 2.29. The van der Waals surface area contributed by atoms with E-state index in [1.165, 1.54) is 5.39 Å². The van der Waals surface area contributed by atoms with Gasteiger partial charge < -0.3 is 5.11 Å². The zero-order valence-electron chi connectivity index (χ0n) is 10.6. The molecule has 1 unspecified atom stereocenters. The summed E-state index contributed by atoms with van der Waals surface area (Å²) in [6.07, 6.45) is 0. The van der Waals surface area contributed by atoms with Gasteiger partial charge in [-0.05, 0) is 46.2 Å². The van der Waals surface area contributed by atoms with Crippen molar-refractivity contribution in [2.45, 2.75) is 12.8 Å². The first kappa shape index (κ1) is 11.7. The maximum Gasteiger partial charge on any atom is 0.310 e. The minimum atomic E-state index is -0.791. The van der Waals surface area contributed by atoms with Crippen LogP contribution in [0.5, 0.6) is 0 Å². The van der Waals surface area contributed by atoms with Crippen LogP contribution in [-0.4, -0.2) is 11.1 Å². The molecule has 2 nitrogen and oxygen atoms in total. The van der Waals surface area contributed by atoms with Crippen molar-refractivity contribution in [1.29, 1.82) is 0 Å². The molecule has 3 rings (SSSR count). The first-order chi connectivity index (χ1) is 9.16. The molecule has 0 radical (unpaired) electrons. The Bertz CT molecular complexity index is 774. The quantitative estimate of drug-likeness (QED) is 0.693. The van der Waals surface area contributed by atoms with Crippen molar-refractivity contribution in [3.63, 3.8) is 0 Å². The van der Waals surface area contributed by atoms with Gasteiger partial charge in [-0.25, -0.2) is 0 Å². The monoisotopic (exact) mass is 250 g/mol. The van der Waals surface area contributed by atoms with Crippen LogP contribution in [-0.2, 0) is 4.79 Å². The van der Waals surface area contributed by atoms with Gasteiger partial charge in [0.1, 0.15) is 0 Å². The number of carboxylic acid groups (broad SMARTS) is 1. The third-order valence-corrected chi connectivity index (χ3v) is 3.62.